The predicted octanol–water partition coefficient (Wildman–Crippen LogP) is 2.80. The van der Waals surface area contributed by atoms with Gasteiger partial charge < -0.3 is 11.1 Å². The molecule has 0 aliphatic heterocycles. The van der Waals surface area contributed by atoms with Crippen LogP contribution in [0.25, 0.3) is 10.2 Å². The van der Waals surface area contributed by atoms with Gasteiger partial charge in [0.15, 0.2) is 5.13 Å². The first-order valence-corrected chi connectivity index (χ1v) is 7.92. The van der Waals surface area contributed by atoms with Crippen LogP contribution in [0.15, 0.2) is 18.2 Å². The standard InChI is InChI=1S/C15H17N3OS/c16-14-18-11-4-1-9(7-12(11)20-14)13(19)17-8-15(5-6-15)10-2-3-10/h1,4,7,10H,2-3,5-6,8H2,(H2,16,18)(H,17,19). The Bertz CT molecular complexity index is 685. The SMILES string of the molecule is Nc1nc2ccc(C(=O)NCC3(C4CC4)CC3)cc2s1. The number of benzene rings is 1. The highest BCUT2D eigenvalue weighted by Gasteiger charge is 2.53. The van der Waals surface area contributed by atoms with Crippen molar-refractivity contribution in [2.75, 3.05) is 12.3 Å². The number of nitrogen functional groups attached to an aromatic ring is 1. The molecule has 20 heavy (non-hydrogen) atoms. The zero-order chi connectivity index (χ0) is 13.7. The first kappa shape index (κ1) is 12.1. The molecular weight excluding hydrogens is 270 g/mol. The molecule has 4 nitrogen and oxygen atoms in total. The maximum atomic E-state index is 12.3. The molecule has 1 heterocycles. The highest BCUT2D eigenvalue weighted by molar-refractivity contribution is 7.22. The third kappa shape index (κ3) is 2.06. The van der Waals surface area contributed by atoms with Crippen LogP contribution in [0, 0.1) is 11.3 Å². The zero-order valence-electron chi connectivity index (χ0n) is 11.2. The third-order valence-corrected chi connectivity index (χ3v) is 5.45. The van der Waals surface area contributed by atoms with Crippen LogP contribution in [-0.2, 0) is 0 Å². The van der Waals surface area contributed by atoms with Crippen molar-refractivity contribution >= 4 is 32.6 Å². The van der Waals surface area contributed by atoms with Gasteiger partial charge >= 0.3 is 0 Å². The van der Waals surface area contributed by atoms with E-state index in [1.54, 1.807) is 0 Å². The van der Waals surface area contributed by atoms with Crippen LogP contribution in [0.1, 0.15) is 36.0 Å². The number of hydrogen-bond donors (Lipinski definition) is 2. The number of anilines is 1. The van der Waals surface area contributed by atoms with E-state index < -0.39 is 0 Å². The molecule has 0 atom stereocenters. The van der Waals surface area contributed by atoms with Crippen LogP contribution in [0.4, 0.5) is 5.13 Å². The zero-order valence-corrected chi connectivity index (χ0v) is 12.0. The Morgan fingerprint density at radius 1 is 1.45 bits per heavy atom. The van der Waals surface area contributed by atoms with Gasteiger partial charge in [-0.2, -0.15) is 0 Å². The summed E-state index contributed by atoms with van der Waals surface area (Å²) >= 11 is 1.42. The molecule has 0 bridgehead atoms. The summed E-state index contributed by atoms with van der Waals surface area (Å²) in [5.41, 5.74) is 7.69. The van der Waals surface area contributed by atoms with Crippen molar-refractivity contribution in [1.29, 1.82) is 0 Å². The van der Waals surface area contributed by atoms with Crippen LogP contribution in [0.3, 0.4) is 0 Å². The Balaban J connectivity index is 1.48. The molecule has 1 amide bonds. The van der Waals surface area contributed by atoms with E-state index in [-0.39, 0.29) is 5.91 Å². The van der Waals surface area contributed by atoms with Crippen LogP contribution in [-0.4, -0.2) is 17.4 Å². The summed E-state index contributed by atoms with van der Waals surface area (Å²) in [4.78, 5) is 16.5. The van der Waals surface area contributed by atoms with Gasteiger partial charge in [-0.05, 0) is 55.2 Å². The highest BCUT2D eigenvalue weighted by atomic mass is 32.1. The van der Waals surface area contributed by atoms with Gasteiger partial charge in [-0.3, -0.25) is 4.79 Å². The Labute approximate surface area is 121 Å². The van der Waals surface area contributed by atoms with Gasteiger partial charge in [0.25, 0.3) is 5.91 Å². The Kier molecular flexibility index (Phi) is 2.54. The summed E-state index contributed by atoms with van der Waals surface area (Å²) in [6.07, 6.45) is 5.26. The number of hydrogen-bond acceptors (Lipinski definition) is 4. The lowest BCUT2D eigenvalue weighted by molar-refractivity contribution is 0.0943. The molecule has 2 aliphatic carbocycles. The molecule has 0 saturated heterocycles. The number of amides is 1. The summed E-state index contributed by atoms with van der Waals surface area (Å²) in [5, 5.41) is 3.65. The number of rotatable bonds is 4. The molecule has 2 saturated carbocycles. The molecule has 5 heteroatoms. The van der Waals surface area contributed by atoms with Crippen molar-refractivity contribution in [3.05, 3.63) is 23.8 Å². The number of thiazole rings is 1. The molecule has 0 radical (unpaired) electrons. The molecule has 3 N–H and O–H groups in total. The third-order valence-electron chi connectivity index (χ3n) is 4.60. The van der Waals surface area contributed by atoms with E-state index in [4.69, 9.17) is 5.73 Å². The van der Waals surface area contributed by atoms with Gasteiger partial charge in [0.05, 0.1) is 10.2 Å². The van der Waals surface area contributed by atoms with Gasteiger partial charge in [0.1, 0.15) is 0 Å². The Hall–Kier alpha value is -1.62. The van der Waals surface area contributed by atoms with Crippen molar-refractivity contribution in [3.8, 4) is 0 Å². The monoisotopic (exact) mass is 287 g/mol. The average Bonchev–Trinajstić information content (AvgIpc) is 3.31. The van der Waals surface area contributed by atoms with E-state index in [2.05, 4.69) is 10.3 Å². The smallest absolute Gasteiger partial charge is 0.251 e. The van der Waals surface area contributed by atoms with Crippen molar-refractivity contribution in [3.63, 3.8) is 0 Å². The maximum Gasteiger partial charge on any atom is 0.251 e. The molecule has 0 spiro atoms. The van der Waals surface area contributed by atoms with Gasteiger partial charge in [0, 0.05) is 12.1 Å². The fourth-order valence-corrected chi connectivity index (χ4v) is 3.80. The largest absolute Gasteiger partial charge is 0.375 e. The van der Waals surface area contributed by atoms with Crippen LogP contribution < -0.4 is 11.1 Å². The number of aromatic nitrogens is 1. The summed E-state index contributed by atoms with van der Waals surface area (Å²) in [5.74, 6) is 0.886. The molecule has 2 fully saturated rings. The normalized spacial score (nSPS) is 20.0. The molecule has 2 aliphatic rings. The molecule has 2 aromatic rings. The van der Waals surface area contributed by atoms with Crippen molar-refractivity contribution in [2.24, 2.45) is 11.3 Å². The maximum absolute atomic E-state index is 12.3. The number of nitrogens with two attached hydrogens (primary N) is 1. The molecular formula is C15H17N3OS. The number of fused-ring (bicyclic) bond motifs is 1. The molecule has 1 aromatic heterocycles. The predicted molar refractivity (Wildman–Crippen MR) is 80.8 cm³/mol. The van der Waals surface area contributed by atoms with E-state index in [0.717, 1.165) is 22.7 Å². The van der Waals surface area contributed by atoms with E-state index in [1.165, 1.54) is 37.0 Å². The molecule has 1 aromatic carbocycles. The minimum Gasteiger partial charge on any atom is -0.375 e. The molecule has 4 rings (SSSR count). The fraction of sp³-hybridized carbons (Fsp3) is 0.467. The van der Waals surface area contributed by atoms with E-state index >= 15 is 0 Å². The highest BCUT2D eigenvalue weighted by Crippen LogP contribution is 2.60. The number of nitrogens with one attached hydrogen (secondary N) is 1. The first-order valence-electron chi connectivity index (χ1n) is 7.11. The Morgan fingerprint density at radius 2 is 2.25 bits per heavy atom. The van der Waals surface area contributed by atoms with E-state index in [1.807, 2.05) is 18.2 Å². The second-order valence-electron chi connectivity index (χ2n) is 6.05. The summed E-state index contributed by atoms with van der Waals surface area (Å²) < 4.78 is 0.971. The second kappa shape index (κ2) is 4.19. The van der Waals surface area contributed by atoms with Crippen molar-refractivity contribution in [1.82, 2.24) is 10.3 Å². The van der Waals surface area contributed by atoms with Gasteiger partial charge in [-0.15, -0.1) is 0 Å². The molecule has 104 valence electrons. The van der Waals surface area contributed by atoms with Crippen molar-refractivity contribution < 1.29 is 4.79 Å². The lowest BCUT2D eigenvalue weighted by Crippen LogP contribution is -2.31. The van der Waals surface area contributed by atoms with Crippen LogP contribution in [0.2, 0.25) is 0 Å². The second-order valence-corrected chi connectivity index (χ2v) is 7.12. The lowest BCUT2D eigenvalue weighted by Gasteiger charge is -2.14. The van der Waals surface area contributed by atoms with Gasteiger partial charge in [0.2, 0.25) is 0 Å². The van der Waals surface area contributed by atoms with Crippen molar-refractivity contribution in [2.45, 2.75) is 25.7 Å². The fourth-order valence-electron chi connectivity index (χ4n) is 3.03. The number of carbonyl (C=O) groups excluding carboxylic acids is 1. The van der Waals surface area contributed by atoms with E-state index in [0.29, 0.717) is 16.1 Å². The van der Waals surface area contributed by atoms with Crippen LogP contribution in [0.5, 0.6) is 0 Å². The van der Waals surface area contributed by atoms with Gasteiger partial charge in [-0.25, -0.2) is 4.98 Å². The average molecular weight is 287 g/mol. The quantitative estimate of drug-likeness (QED) is 0.908. The Morgan fingerprint density at radius 3 is 2.95 bits per heavy atom. The van der Waals surface area contributed by atoms with Crippen LogP contribution >= 0.6 is 11.3 Å². The summed E-state index contributed by atoms with van der Waals surface area (Å²) in [6.45, 7) is 0.833. The summed E-state index contributed by atoms with van der Waals surface area (Å²) in [7, 11) is 0. The molecule has 0 unspecified atom stereocenters. The minimum atomic E-state index is 0.0193. The summed E-state index contributed by atoms with van der Waals surface area (Å²) in [6, 6.07) is 5.58. The minimum absolute atomic E-state index is 0.0193. The number of carbonyl (C=O) groups is 1. The first-order chi connectivity index (χ1) is 9.66. The lowest BCUT2D eigenvalue weighted by atomic mass is 10.0. The topological polar surface area (TPSA) is 68.0 Å². The van der Waals surface area contributed by atoms with E-state index in [9.17, 15) is 4.79 Å². The van der Waals surface area contributed by atoms with Gasteiger partial charge in [-0.1, -0.05) is 11.3 Å². The number of nitrogens with zero attached hydrogens (tertiary/aromatic N) is 1.